The van der Waals surface area contributed by atoms with Crippen molar-refractivity contribution in [2.45, 2.75) is 19.9 Å². The Labute approximate surface area is 107 Å². The largest absolute Gasteiger partial charge is 0.369 e. The van der Waals surface area contributed by atoms with Gasteiger partial charge >= 0.3 is 0 Å². The predicted molar refractivity (Wildman–Crippen MR) is 72.3 cm³/mol. The number of rotatable bonds is 2. The Hall–Kier alpha value is -1.62. The van der Waals surface area contributed by atoms with Crippen LogP contribution in [-0.2, 0) is 6.54 Å². The molecule has 0 radical (unpaired) electrons. The zero-order chi connectivity index (χ0) is 12.7. The third kappa shape index (κ3) is 1.95. The van der Waals surface area contributed by atoms with Crippen molar-refractivity contribution >= 4 is 17.1 Å². The van der Waals surface area contributed by atoms with Crippen molar-refractivity contribution in [1.29, 1.82) is 0 Å². The van der Waals surface area contributed by atoms with E-state index < -0.39 is 0 Å². The molecule has 2 aromatic rings. The van der Waals surface area contributed by atoms with Gasteiger partial charge in [0.15, 0.2) is 5.65 Å². The summed E-state index contributed by atoms with van der Waals surface area (Å²) < 4.78 is 2.05. The van der Waals surface area contributed by atoms with E-state index >= 15 is 0 Å². The van der Waals surface area contributed by atoms with Crippen molar-refractivity contribution in [3.8, 4) is 0 Å². The van der Waals surface area contributed by atoms with Gasteiger partial charge in [-0.3, -0.25) is 4.57 Å². The van der Waals surface area contributed by atoms with Gasteiger partial charge in [-0.25, -0.2) is 9.97 Å². The normalized spacial score (nSPS) is 20.9. The van der Waals surface area contributed by atoms with Crippen molar-refractivity contribution in [3.63, 3.8) is 0 Å². The Morgan fingerprint density at radius 3 is 3.06 bits per heavy atom. The molecule has 0 saturated carbocycles. The number of nitrogen functional groups attached to an aromatic ring is 1. The van der Waals surface area contributed by atoms with Crippen LogP contribution >= 0.6 is 0 Å². The molecule has 2 N–H and O–H groups in total. The summed E-state index contributed by atoms with van der Waals surface area (Å²) in [4.78, 5) is 11.2. The highest BCUT2D eigenvalue weighted by atomic mass is 15.2. The van der Waals surface area contributed by atoms with Gasteiger partial charge in [0, 0.05) is 19.3 Å². The minimum absolute atomic E-state index is 0.581. The number of nitrogens with two attached hydrogens (primary N) is 1. The quantitative estimate of drug-likeness (QED) is 0.865. The van der Waals surface area contributed by atoms with Crippen LogP contribution in [0.3, 0.4) is 0 Å². The fraction of sp³-hybridized carbons (Fsp3) is 0.538. The molecule has 1 aliphatic rings. The van der Waals surface area contributed by atoms with Crippen LogP contribution in [0, 0.1) is 12.8 Å². The third-order valence-electron chi connectivity index (χ3n) is 3.68. The van der Waals surface area contributed by atoms with Gasteiger partial charge in [-0.15, -0.1) is 0 Å². The molecule has 2 aromatic heterocycles. The summed E-state index contributed by atoms with van der Waals surface area (Å²) in [6.45, 7) is 5.24. The first-order valence-electron chi connectivity index (χ1n) is 6.40. The highest BCUT2D eigenvalue weighted by Crippen LogP contribution is 2.22. The number of pyridine rings is 1. The van der Waals surface area contributed by atoms with E-state index in [1.54, 1.807) is 0 Å². The number of imidazole rings is 1. The highest BCUT2D eigenvalue weighted by Gasteiger charge is 2.21. The maximum Gasteiger partial charge on any atom is 0.202 e. The number of aryl methyl sites for hydroxylation is 1. The topological polar surface area (TPSA) is 60.0 Å². The van der Waals surface area contributed by atoms with Gasteiger partial charge in [0.2, 0.25) is 5.95 Å². The van der Waals surface area contributed by atoms with E-state index in [-0.39, 0.29) is 0 Å². The molecule has 0 aromatic carbocycles. The standard InChI is InChI=1S/C13H19N5/c1-9-5-11-12(15-6-9)18(13(14)16-11)8-10-3-4-17(2)7-10/h5-6,10H,3-4,7-8H2,1-2H3,(H2,14,16). The minimum Gasteiger partial charge on any atom is -0.369 e. The van der Waals surface area contributed by atoms with Crippen LogP contribution in [0.1, 0.15) is 12.0 Å². The molecular formula is C13H19N5. The van der Waals surface area contributed by atoms with E-state index in [1.165, 1.54) is 13.0 Å². The summed E-state index contributed by atoms with van der Waals surface area (Å²) in [7, 11) is 2.16. The summed E-state index contributed by atoms with van der Waals surface area (Å²) in [6, 6.07) is 2.04. The van der Waals surface area contributed by atoms with Gasteiger partial charge in [-0.05, 0) is 44.5 Å². The van der Waals surface area contributed by atoms with Gasteiger partial charge < -0.3 is 10.6 Å². The van der Waals surface area contributed by atoms with E-state index in [9.17, 15) is 0 Å². The van der Waals surface area contributed by atoms with Crippen LogP contribution in [0.4, 0.5) is 5.95 Å². The summed E-state index contributed by atoms with van der Waals surface area (Å²) in [5.74, 6) is 1.23. The molecule has 18 heavy (non-hydrogen) atoms. The average Bonchev–Trinajstić information content (AvgIpc) is 2.84. The van der Waals surface area contributed by atoms with E-state index in [1.807, 2.05) is 19.2 Å². The molecule has 3 rings (SSSR count). The van der Waals surface area contributed by atoms with Crippen molar-refractivity contribution in [2.75, 3.05) is 25.9 Å². The number of anilines is 1. The predicted octanol–water partition coefficient (Wildman–Crippen LogP) is 1.27. The van der Waals surface area contributed by atoms with Gasteiger partial charge in [-0.2, -0.15) is 0 Å². The number of hydrogen-bond donors (Lipinski definition) is 1. The molecule has 3 heterocycles. The number of nitrogens with zero attached hydrogens (tertiary/aromatic N) is 4. The van der Waals surface area contributed by atoms with Crippen LogP contribution in [0.2, 0.25) is 0 Å². The lowest BCUT2D eigenvalue weighted by Crippen LogP contribution is -2.18. The molecule has 1 saturated heterocycles. The molecule has 5 nitrogen and oxygen atoms in total. The fourth-order valence-electron chi connectivity index (χ4n) is 2.74. The second-order valence-corrected chi connectivity index (χ2v) is 5.35. The lowest BCUT2D eigenvalue weighted by Gasteiger charge is -2.12. The van der Waals surface area contributed by atoms with E-state index in [2.05, 4.69) is 26.5 Å². The first kappa shape index (κ1) is 11.5. The highest BCUT2D eigenvalue weighted by molar-refractivity contribution is 5.74. The molecule has 0 aliphatic carbocycles. The van der Waals surface area contributed by atoms with Crippen molar-refractivity contribution in [3.05, 3.63) is 17.8 Å². The first-order chi connectivity index (χ1) is 8.63. The summed E-state index contributed by atoms with van der Waals surface area (Å²) >= 11 is 0. The minimum atomic E-state index is 0.581. The molecule has 1 fully saturated rings. The lowest BCUT2D eigenvalue weighted by atomic mass is 10.1. The van der Waals surface area contributed by atoms with E-state index in [0.29, 0.717) is 11.9 Å². The number of fused-ring (bicyclic) bond motifs is 1. The zero-order valence-electron chi connectivity index (χ0n) is 10.9. The third-order valence-corrected chi connectivity index (χ3v) is 3.68. The van der Waals surface area contributed by atoms with Gasteiger partial charge in [-0.1, -0.05) is 0 Å². The molecule has 0 amide bonds. The summed E-state index contributed by atoms with van der Waals surface area (Å²) in [6.07, 6.45) is 3.10. The molecule has 1 unspecified atom stereocenters. The first-order valence-corrected chi connectivity index (χ1v) is 6.40. The Bertz CT molecular complexity index is 574. The molecule has 0 bridgehead atoms. The molecular weight excluding hydrogens is 226 g/mol. The Kier molecular flexibility index (Phi) is 2.70. The van der Waals surface area contributed by atoms with Crippen LogP contribution < -0.4 is 5.73 Å². The van der Waals surface area contributed by atoms with Gasteiger partial charge in [0.25, 0.3) is 0 Å². The van der Waals surface area contributed by atoms with Gasteiger partial charge in [0.1, 0.15) is 5.52 Å². The van der Waals surface area contributed by atoms with Crippen molar-refractivity contribution in [2.24, 2.45) is 5.92 Å². The number of likely N-dealkylation sites (tertiary alicyclic amines) is 1. The zero-order valence-corrected chi connectivity index (χ0v) is 10.9. The monoisotopic (exact) mass is 245 g/mol. The second kappa shape index (κ2) is 4.24. The van der Waals surface area contributed by atoms with Crippen LogP contribution in [-0.4, -0.2) is 39.6 Å². The Morgan fingerprint density at radius 1 is 1.50 bits per heavy atom. The van der Waals surface area contributed by atoms with Crippen LogP contribution in [0.25, 0.3) is 11.2 Å². The SMILES string of the molecule is Cc1cnc2c(c1)nc(N)n2CC1CCN(C)C1. The van der Waals surface area contributed by atoms with E-state index in [0.717, 1.165) is 29.8 Å². The maximum atomic E-state index is 6.01. The second-order valence-electron chi connectivity index (χ2n) is 5.35. The van der Waals surface area contributed by atoms with E-state index in [4.69, 9.17) is 5.73 Å². The van der Waals surface area contributed by atoms with Crippen LogP contribution in [0.5, 0.6) is 0 Å². The maximum absolute atomic E-state index is 6.01. The molecule has 5 heteroatoms. The van der Waals surface area contributed by atoms with Crippen LogP contribution in [0.15, 0.2) is 12.3 Å². The van der Waals surface area contributed by atoms with Crippen molar-refractivity contribution in [1.82, 2.24) is 19.4 Å². The molecule has 96 valence electrons. The molecule has 1 atom stereocenters. The lowest BCUT2D eigenvalue weighted by molar-refractivity contribution is 0.380. The summed E-state index contributed by atoms with van der Waals surface area (Å²) in [5.41, 5.74) is 8.94. The molecule has 0 spiro atoms. The molecule has 1 aliphatic heterocycles. The Balaban J connectivity index is 1.93. The van der Waals surface area contributed by atoms with Gasteiger partial charge in [0.05, 0.1) is 0 Å². The smallest absolute Gasteiger partial charge is 0.202 e. The van der Waals surface area contributed by atoms with Crippen molar-refractivity contribution < 1.29 is 0 Å². The fourth-order valence-corrected chi connectivity index (χ4v) is 2.74. The Morgan fingerprint density at radius 2 is 2.33 bits per heavy atom. The number of aromatic nitrogens is 3. The number of hydrogen-bond acceptors (Lipinski definition) is 4. The average molecular weight is 245 g/mol. The summed E-state index contributed by atoms with van der Waals surface area (Å²) in [5, 5.41) is 0.